The van der Waals surface area contributed by atoms with E-state index in [-0.39, 0.29) is 5.54 Å². The standard InChI is InChI=1S/C11H18N4/c1-5-6-7-15-9-12-10(14-15)8-13-11(2,3)4/h1,9,13H,6-8H2,2-4H3. The molecule has 1 N–H and O–H groups in total. The molecule has 0 aliphatic heterocycles. The molecule has 0 bridgehead atoms. The predicted molar refractivity (Wildman–Crippen MR) is 60.1 cm³/mol. The molecule has 4 nitrogen and oxygen atoms in total. The van der Waals surface area contributed by atoms with E-state index in [1.165, 1.54) is 0 Å². The van der Waals surface area contributed by atoms with Crippen LogP contribution in [0.15, 0.2) is 6.33 Å². The van der Waals surface area contributed by atoms with Crippen LogP contribution in [0.25, 0.3) is 0 Å². The van der Waals surface area contributed by atoms with Crippen molar-refractivity contribution in [1.29, 1.82) is 0 Å². The maximum atomic E-state index is 5.18. The van der Waals surface area contributed by atoms with E-state index < -0.39 is 0 Å². The molecule has 0 aromatic carbocycles. The van der Waals surface area contributed by atoms with Gasteiger partial charge in [-0.3, -0.25) is 4.68 Å². The lowest BCUT2D eigenvalue weighted by atomic mass is 10.1. The van der Waals surface area contributed by atoms with Crippen LogP contribution in [0.3, 0.4) is 0 Å². The molecule has 0 aliphatic rings. The van der Waals surface area contributed by atoms with Gasteiger partial charge in [-0.15, -0.1) is 12.3 Å². The predicted octanol–water partition coefficient (Wildman–Crippen LogP) is 1.19. The first-order valence-electron chi connectivity index (χ1n) is 5.08. The van der Waals surface area contributed by atoms with Gasteiger partial charge in [0, 0.05) is 12.0 Å². The van der Waals surface area contributed by atoms with Gasteiger partial charge in [0.05, 0.1) is 13.1 Å². The summed E-state index contributed by atoms with van der Waals surface area (Å²) in [4.78, 5) is 4.19. The number of terminal acetylenes is 1. The molecule has 1 rings (SSSR count). The Morgan fingerprint density at radius 1 is 1.53 bits per heavy atom. The average molecular weight is 206 g/mol. The Balaban J connectivity index is 2.43. The zero-order valence-electron chi connectivity index (χ0n) is 9.62. The highest BCUT2D eigenvalue weighted by Crippen LogP contribution is 2.00. The first kappa shape index (κ1) is 11.7. The van der Waals surface area contributed by atoms with Gasteiger partial charge in [-0.25, -0.2) is 4.98 Å². The van der Waals surface area contributed by atoms with Crippen LogP contribution in [0.1, 0.15) is 33.0 Å². The van der Waals surface area contributed by atoms with Crippen molar-refractivity contribution in [1.82, 2.24) is 20.1 Å². The number of aryl methyl sites for hydroxylation is 1. The fourth-order valence-electron chi connectivity index (χ4n) is 1.05. The fourth-order valence-corrected chi connectivity index (χ4v) is 1.05. The van der Waals surface area contributed by atoms with Crippen LogP contribution in [0.4, 0.5) is 0 Å². The third-order valence-corrected chi connectivity index (χ3v) is 1.85. The van der Waals surface area contributed by atoms with E-state index >= 15 is 0 Å². The lowest BCUT2D eigenvalue weighted by Gasteiger charge is -2.18. The Morgan fingerprint density at radius 2 is 2.27 bits per heavy atom. The monoisotopic (exact) mass is 206 g/mol. The van der Waals surface area contributed by atoms with Crippen LogP contribution in [0.2, 0.25) is 0 Å². The van der Waals surface area contributed by atoms with Crippen molar-refractivity contribution in [3.8, 4) is 12.3 Å². The van der Waals surface area contributed by atoms with E-state index in [4.69, 9.17) is 6.42 Å². The molecule has 0 fully saturated rings. The Bertz CT molecular complexity index is 340. The Morgan fingerprint density at radius 3 is 2.87 bits per heavy atom. The molecule has 82 valence electrons. The zero-order chi connectivity index (χ0) is 11.3. The van der Waals surface area contributed by atoms with Crippen molar-refractivity contribution in [2.24, 2.45) is 0 Å². The normalized spacial score (nSPS) is 11.3. The van der Waals surface area contributed by atoms with E-state index in [1.807, 2.05) is 0 Å². The summed E-state index contributed by atoms with van der Waals surface area (Å²) >= 11 is 0. The molecule has 0 unspecified atom stereocenters. The number of hydrogen-bond acceptors (Lipinski definition) is 3. The summed E-state index contributed by atoms with van der Waals surface area (Å²) in [5.41, 5.74) is 0.0876. The Labute approximate surface area is 91.1 Å². The highest BCUT2D eigenvalue weighted by atomic mass is 15.3. The summed E-state index contributed by atoms with van der Waals surface area (Å²) in [5, 5.41) is 7.63. The first-order chi connectivity index (χ1) is 7.01. The van der Waals surface area contributed by atoms with Crippen molar-refractivity contribution in [3.63, 3.8) is 0 Å². The molecule has 1 aromatic rings. The van der Waals surface area contributed by atoms with E-state index in [0.717, 1.165) is 12.4 Å². The number of nitrogens with one attached hydrogen (secondary N) is 1. The van der Waals surface area contributed by atoms with Crippen LogP contribution in [-0.2, 0) is 13.1 Å². The average Bonchev–Trinajstić information content (AvgIpc) is 2.58. The highest BCUT2D eigenvalue weighted by molar-refractivity contribution is 4.86. The molecular weight excluding hydrogens is 188 g/mol. The van der Waals surface area contributed by atoms with Crippen molar-refractivity contribution in [2.45, 2.75) is 45.8 Å². The maximum absolute atomic E-state index is 5.18. The lowest BCUT2D eigenvalue weighted by Crippen LogP contribution is -2.35. The number of nitrogens with zero attached hydrogens (tertiary/aromatic N) is 3. The minimum Gasteiger partial charge on any atom is -0.305 e. The van der Waals surface area contributed by atoms with Gasteiger partial charge in [-0.2, -0.15) is 5.10 Å². The van der Waals surface area contributed by atoms with Crippen LogP contribution < -0.4 is 5.32 Å². The van der Waals surface area contributed by atoms with E-state index in [1.54, 1.807) is 11.0 Å². The third-order valence-electron chi connectivity index (χ3n) is 1.85. The van der Waals surface area contributed by atoms with Gasteiger partial charge in [-0.1, -0.05) is 0 Å². The summed E-state index contributed by atoms with van der Waals surface area (Å²) in [7, 11) is 0. The largest absolute Gasteiger partial charge is 0.305 e. The summed E-state index contributed by atoms with van der Waals surface area (Å²) in [6.45, 7) is 7.76. The maximum Gasteiger partial charge on any atom is 0.164 e. The minimum absolute atomic E-state index is 0.0876. The second-order valence-corrected chi connectivity index (χ2v) is 4.48. The Hall–Kier alpha value is -1.34. The number of rotatable bonds is 4. The van der Waals surface area contributed by atoms with Crippen LogP contribution >= 0.6 is 0 Å². The fraction of sp³-hybridized carbons (Fsp3) is 0.636. The third kappa shape index (κ3) is 4.61. The lowest BCUT2D eigenvalue weighted by molar-refractivity contribution is 0.416. The molecule has 0 saturated carbocycles. The van der Waals surface area contributed by atoms with Gasteiger partial charge in [0.1, 0.15) is 6.33 Å². The van der Waals surface area contributed by atoms with E-state index in [9.17, 15) is 0 Å². The summed E-state index contributed by atoms with van der Waals surface area (Å²) in [5.74, 6) is 3.38. The molecule has 1 aromatic heterocycles. The van der Waals surface area contributed by atoms with Crippen molar-refractivity contribution in [3.05, 3.63) is 12.2 Å². The minimum atomic E-state index is 0.0876. The molecule has 1 heterocycles. The van der Waals surface area contributed by atoms with Crippen molar-refractivity contribution in [2.75, 3.05) is 0 Å². The van der Waals surface area contributed by atoms with Crippen LogP contribution in [-0.4, -0.2) is 20.3 Å². The topological polar surface area (TPSA) is 42.7 Å². The number of hydrogen-bond donors (Lipinski definition) is 1. The van der Waals surface area contributed by atoms with Crippen LogP contribution in [0.5, 0.6) is 0 Å². The molecule has 0 amide bonds. The van der Waals surface area contributed by atoms with E-state index in [2.05, 4.69) is 42.1 Å². The molecule has 0 radical (unpaired) electrons. The second-order valence-electron chi connectivity index (χ2n) is 4.48. The number of aromatic nitrogens is 3. The molecule has 0 spiro atoms. The SMILES string of the molecule is C#CCCn1cnc(CNC(C)(C)C)n1. The second kappa shape index (κ2) is 4.94. The van der Waals surface area contributed by atoms with Gasteiger partial charge in [0.25, 0.3) is 0 Å². The molecule has 0 saturated heterocycles. The molecule has 15 heavy (non-hydrogen) atoms. The highest BCUT2D eigenvalue weighted by Gasteiger charge is 2.09. The Kier molecular flexibility index (Phi) is 3.87. The molecule has 0 atom stereocenters. The molecule has 0 aliphatic carbocycles. The quantitative estimate of drug-likeness (QED) is 0.752. The molecule has 4 heteroatoms. The van der Waals surface area contributed by atoms with Crippen molar-refractivity contribution < 1.29 is 0 Å². The summed E-state index contributed by atoms with van der Waals surface area (Å²) in [6.07, 6.45) is 7.58. The van der Waals surface area contributed by atoms with Crippen LogP contribution in [0, 0.1) is 12.3 Å². The van der Waals surface area contributed by atoms with Gasteiger partial charge < -0.3 is 5.32 Å². The smallest absolute Gasteiger partial charge is 0.164 e. The van der Waals surface area contributed by atoms with Gasteiger partial charge in [-0.05, 0) is 20.8 Å². The zero-order valence-corrected chi connectivity index (χ0v) is 9.62. The van der Waals surface area contributed by atoms with Gasteiger partial charge in [0.15, 0.2) is 5.82 Å². The van der Waals surface area contributed by atoms with E-state index in [0.29, 0.717) is 13.0 Å². The van der Waals surface area contributed by atoms with Gasteiger partial charge in [0.2, 0.25) is 0 Å². The first-order valence-corrected chi connectivity index (χ1v) is 5.08. The summed E-state index contributed by atoms with van der Waals surface area (Å²) in [6, 6.07) is 0. The van der Waals surface area contributed by atoms with Crippen molar-refractivity contribution >= 4 is 0 Å². The summed E-state index contributed by atoms with van der Waals surface area (Å²) < 4.78 is 1.78. The molecular formula is C11H18N4. The van der Waals surface area contributed by atoms with Gasteiger partial charge >= 0.3 is 0 Å².